The maximum Gasteiger partial charge on any atom is 0.319 e. The number of benzene rings is 1. The summed E-state index contributed by atoms with van der Waals surface area (Å²) in [4.78, 5) is 29.9. The van der Waals surface area contributed by atoms with E-state index in [-0.39, 0.29) is 11.9 Å². The Morgan fingerprint density at radius 2 is 2.00 bits per heavy atom. The first-order valence-electron chi connectivity index (χ1n) is 7.58. The molecule has 0 bridgehead atoms. The van der Waals surface area contributed by atoms with Crippen LogP contribution in [0.4, 0.5) is 16.2 Å². The van der Waals surface area contributed by atoms with Gasteiger partial charge in [0.05, 0.1) is 23.6 Å². The molecule has 1 aliphatic heterocycles. The van der Waals surface area contributed by atoms with E-state index in [0.717, 1.165) is 17.8 Å². The highest BCUT2D eigenvalue weighted by molar-refractivity contribution is 6.01. The topological polar surface area (TPSA) is 74.3 Å². The van der Waals surface area contributed by atoms with Crippen molar-refractivity contribution in [2.24, 2.45) is 0 Å². The van der Waals surface area contributed by atoms with Crippen LogP contribution >= 0.6 is 0 Å². The van der Waals surface area contributed by atoms with E-state index >= 15 is 0 Å². The van der Waals surface area contributed by atoms with Gasteiger partial charge >= 0.3 is 6.03 Å². The molecular weight excluding hydrogens is 292 g/mol. The van der Waals surface area contributed by atoms with E-state index in [1.54, 1.807) is 17.2 Å². The predicted molar refractivity (Wildman–Crippen MR) is 88.1 cm³/mol. The highest BCUT2D eigenvalue weighted by Gasteiger charge is 2.24. The number of para-hydroxylation sites is 2. The Balaban J connectivity index is 1.65. The zero-order valence-electron chi connectivity index (χ0n) is 12.7. The lowest BCUT2D eigenvalue weighted by Crippen LogP contribution is -2.30. The third-order valence-electron chi connectivity index (χ3n) is 3.67. The van der Waals surface area contributed by atoms with Crippen LogP contribution in [0.2, 0.25) is 0 Å². The molecule has 0 aliphatic carbocycles. The molecule has 1 aromatic carbocycles. The van der Waals surface area contributed by atoms with Crippen LogP contribution in [0.5, 0.6) is 0 Å². The van der Waals surface area contributed by atoms with Crippen molar-refractivity contribution < 1.29 is 9.59 Å². The lowest BCUT2D eigenvalue weighted by atomic mass is 10.2. The van der Waals surface area contributed by atoms with E-state index in [0.29, 0.717) is 25.2 Å². The summed E-state index contributed by atoms with van der Waals surface area (Å²) in [5.41, 5.74) is 2.15. The summed E-state index contributed by atoms with van der Waals surface area (Å²) in [6, 6.07) is 12.5. The van der Waals surface area contributed by atoms with Crippen molar-refractivity contribution >= 4 is 23.3 Å². The van der Waals surface area contributed by atoms with Gasteiger partial charge in [-0.3, -0.25) is 9.78 Å². The molecule has 3 amide bonds. The molecule has 1 saturated heterocycles. The minimum atomic E-state index is -0.324. The number of aromatic nitrogens is 1. The molecule has 118 valence electrons. The summed E-state index contributed by atoms with van der Waals surface area (Å²) >= 11 is 0. The number of urea groups is 1. The maximum absolute atomic E-state index is 12.1. The second-order valence-corrected chi connectivity index (χ2v) is 5.29. The van der Waals surface area contributed by atoms with Crippen molar-refractivity contribution in [3.05, 3.63) is 54.4 Å². The molecule has 6 heteroatoms. The molecule has 23 heavy (non-hydrogen) atoms. The first-order valence-corrected chi connectivity index (χ1v) is 7.58. The summed E-state index contributed by atoms with van der Waals surface area (Å²) in [7, 11) is 0. The van der Waals surface area contributed by atoms with Gasteiger partial charge in [0.25, 0.3) is 0 Å². The van der Waals surface area contributed by atoms with Crippen molar-refractivity contribution in [1.29, 1.82) is 0 Å². The SMILES string of the molecule is O=C(NCc1ccccn1)Nc1ccccc1N1CCCC1=O. The van der Waals surface area contributed by atoms with Gasteiger partial charge in [-0.1, -0.05) is 18.2 Å². The van der Waals surface area contributed by atoms with Crippen LogP contribution < -0.4 is 15.5 Å². The summed E-state index contributed by atoms with van der Waals surface area (Å²) in [5.74, 6) is 0.0909. The number of hydrogen-bond acceptors (Lipinski definition) is 3. The second kappa shape index (κ2) is 6.91. The molecule has 0 spiro atoms. The first-order chi connectivity index (χ1) is 11.2. The van der Waals surface area contributed by atoms with Gasteiger partial charge in [0.2, 0.25) is 5.91 Å². The number of nitrogens with one attached hydrogen (secondary N) is 2. The molecule has 0 unspecified atom stereocenters. The second-order valence-electron chi connectivity index (χ2n) is 5.29. The number of anilines is 2. The number of hydrogen-bond donors (Lipinski definition) is 2. The Hall–Kier alpha value is -2.89. The van der Waals surface area contributed by atoms with E-state index in [1.165, 1.54) is 0 Å². The molecule has 6 nitrogen and oxygen atoms in total. The lowest BCUT2D eigenvalue weighted by Gasteiger charge is -2.20. The normalized spacial score (nSPS) is 13.9. The zero-order valence-corrected chi connectivity index (χ0v) is 12.7. The summed E-state index contributed by atoms with van der Waals surface area (Å²) in [6.45, 7) is 1.03. The molecule has 2 N–H and O–H groups in total. The van der Waals surface area contributed by atoms with Crippen LogP contribution in [0.15, 0.2) is 48.7 Å². The molecule has 0 saturated carbocycles. The summed E-state index contributed by atoms with van der Waals surface area (Å²) in [5, 5.41) is 5.57. The fraction of sp³-hybridized carbons (Fsp3) is 0.235. The van der Waals surface area contributed by atoms with Crippen molar-refractivity contribution in [1.82, 2.24) is 10.3 Å². The lowest BCUT2D eigenvalue weighted by molar-refractivity contribution is -0.117. The molecule has 3 rings (SSSR count). The Labute approximate surface area is 134 Å². The number of amides is 3. The van der Waals surface area contributed by atoms with E-state index in [9.17, 15) is 9.59 Å². The number of pyridine rings is 1. The van der Waals surface area contributed by atoms with Crippen molar-refractivity contribution in [3.63, 3.8) is 0 Å². The van der Waals surface area contributed by atoms with Gasteiger partial charge in [-0.05, 0) is 30.7 Å². The zero-order chi connectivity index (χ0) is 16.1. The van der Waals surface area contributed by atoms with Crippen LogP contribution in [0.3, 0.4) is 0 Å². The number of nitrogens with zero attached hydrogens (tertiary/aromatic N) is 2. The van der Waals surface area contributed by atoms with Crippen LogP contribution in [0, 0.1) is 0 Å². The molecular formula is C17H18N4O2. The number of carbonyl (C=O) groups is 2. The summed E-state index contributed by atoms with van der Waals surface area (Å²) in [6.07, 6.45) is 3.09. The fourth-order valence-electron chi connectivity index (χ4n) is 2.56. The number of carbonyl (C=O) groups excluding carboxylic acids is 2. The van der Waals surface area contributed by atoms with Gasteiger partial charge in [0.1, 0.15) is 0 Å². The average molecular weight is 310 g/mol. The van der Waals surface area contributed by atoms with Crippen molar-refractivity contribution in [2.75, 3.05) is 16.8 Å². The van der Waals surface area contributed by atoms with Gasteiger partial charge in [-0.25, -0.2) is 4.79 Å². The Kier molecular flexibility index (Phi) is 4.52. The van der Waals surface area contributed by atoms with Gasteiger partial charge < -0.3 is 15.5 Å². The first kappa shape index (κ1) is 15.0. The quantitative estimate of drug-likeness (QED) is 0.911. The van der Waals surface area contributed by atoms with Crippen molar-refractivity contribution in [3.8, 4) is 0 Å². The highest BCUT2D eigenvalue weighted by Crippen LogP contribution is 2.29. The summed E-state index contributed by atoms with van der Waals surface area (Å²) < 4.78 is 0. The standard InChI is InChI=1S/C17H18N4O2/c22-16-9-5-11-21(16)15-8-2-1-7-14(15)20-17(23)19-12-13-6-3-4-10-18-13/h1-4,6-8,10H,5,9,11-12H2,(H2,19,20,23). The monoisotopic (exact) mass is 310 g/mol. The van der Waals surface area contributed by atoms with Gasteiger partial charge in [-0.2, -0.15) is 0 Å². The van der Waals surface area contributed by atoms with Crippen LogP contribution in [-0.2, 0) is 11.3 Å². The predicted octanol–water partition coefficient (Wildman–Crippen LogP) is 2.53. The Bertz CT molecular complexity index is 703. The minimum Gasteiger partial charge on any atom is -0.332 e. The molecule has 1 aromatic heterocycles. The highest BCUT2D eigenvalue weighted by atomic mass is 16.2. The van der Waals surface area contributed by atoms with E-state index in [4.69, 9.17) is 0 Å². The van der Waals surface area contributed by atoms with Crippen LogP contribution in [0.1, 0.15) is 18.5 Å². The van der Waals surface area contributed by atoms with Gasteiger partial charge in [0, 0.05) is 19.2 Å². The minimum absolute atomic E-state index is 0.0909. The third-order valence-corrected chi connectivity index (χ3v) is 3.67. The molecule has 1 fully saturated rings. The fourth-order valence-corrected chi connectivity index (χ4v) is 2.56. The Morgan fingerprint density at radius 1 is 1.17 bits per heavy atom. The maximum atomic E-state index is 12.1. The smallest absolute Gasteiger partial charge is 0.319 e. The molecule has 0 radical (unpaired) electrons. The van der Waals surface area contributed by atoms with E-state index in [2.05, 4.69) is 15.6 Å². The van der Waals surface area contributed by atoms with Gasteiger partial charge in [-0.15, -0.1) is 0 Å². The average Bonchev–Trinajstić information content (AvgIpc) is 3.00. The van der Waals surface area contributed by atoms with Gasteiger partial charge in [0.15, 0.2) is 0 Å². The van der Waals surface area contributed by atoms with E-state index in [1.807, 2.05) is 36.4 Å². The number of rotatable bonds is 4. The largest absolute Gasteiger partial charge is 0.332 e. The molecule has 0 atom stereocenters. The van der Waals surface area contributed by atoms with E-state index < -0.39 is 0 Å². The van der Waals surface area contributed by atoms with Crippen molar-refractivity contribution in [2.45, 2.75) is 19.4 Å². The molecule has 2 aromatic rings. The van der Waals surface area contributed by atoms with Crippen LogP contribution in [-0.4, -0.2) is 23.5 Å². The molecule has 1 aliphatic rings. The van der Waals surface area contributed by atoms with Crippen LogP contribution in [0.25, 0.3) is 0 Å². The third kappa shape index (κ3) is 3.66. The molecule has 2 heterocycles. The Morgan fingerprint density at radius 3 is 2.74 bits per heavy atom.